The largest absolute Gasteiger partial charge is 0.377 e. The van der Waals surface area contributed by atoms with Crippen molar-refractivity contribution in [1.82, 2.24) is 10.6 Å². The van der Waals surface area contributed by atoms with Gasteiger partial charge in [0.2, 0.25) is 5.91 Å². The summed E-state index contributed by atoms with van der Waals surface area (Å²) in [6.45, 7) is 8.94. The van der Waals surface area contributed by atoms with E-state index in [1.54, 1.807) is 0 Å². The Morgan fingerprint density at radius 3 is 2.71 bits per heavy atom. The van der Waals surface area contributed by atoms with Gasteiger partial charge in [0.15, 0.2) is 0 Å². The highest BCUT2D eigenvalue weighted by atomic mass is 16.5. The van der Waals surface area contributed by atoms with Crippen molar-refractivity contribution in [3.05, 3.63) is 0 Å². The van der Waals surface area contributed by atoms with Crippen molar-refractivity contribution in [3.8, 4) is 0 Å². The topological polar surface area (TPSA) is 50.4 Å². The van der Waals surface area contributed by atoms with Crippen LogP contribution in [0.15, 0.2) is 0 Å². The van der Waals surface area contributed by atoms with Crippen LogP contribution in [0.2, 0.25) is 0 Å². The summed E-state index contributed by atoms with van der Waals surface area (Å²) < 4.78 is 5.47. The second kappa shape index (κ2) is 6.97. The van der Waals surface area contributed by atoms with Crippen molar-refractivity contribution in [2.75, 3.05) is 6.61 Å². The molecule has 4 heteroatoms. The summed E-state index contributed by atoms with van der Waals surface area (Å²) in [7, 11) is 0. The molecule has 2 N–H and O–H groups in total. The number of amides is 1. The molecule has 4 unspecified atom stereocenters. The monoisotopic (exact) mass is 242 g/mol. The molecule has 4 nitrogen and oxygen atoms in total. The number of carbonyl (C=O) groups is 1. The Labute approximate surface area is 104 Å². The molecular formula is C13H26N2O2. The quantitative estimate of drug-likeness (QED) is 0.741. The van der Waals surface area contributed by atoms with Gasteiger partial charge >= 0.3 is 0 Å². The lowest BCUT2D eigenvalue weighted by Gasteiger charge is -2.23. The molecule has 1 aliphatic heterocycles. The predicted molar refractivity (Wildman–Crippen MR) is 68.9 cm³/mol. The predicted octanol–water partition coefficient (Wildman–Crippen LogP) is 1.45. The van der Waals surface area contributed by atoms with E-state index in [1.807, 2.05) is 6.92 Å². The maximum absolute atomic E-state index is 11.9. The first-order valence-electron chi connectivity index (χ1n) is 6.72. The van der Waals surface area contributed by atoms with Gasteiger partial charge in [0.1, 0.15) is 0 Å². The molecule has 1 rings (SSSR count). The molecule has 4 atom stereocenters. The Balaban J connectivity index is 2.31. The average molecular weight is 242 g/mol. The van der Waals surface area contributed by atoms with Crippen LogP contribution in [0, 0.1) is 0 Å². The zero-order chi connectivity index (χ0) is 12.8. The van der Waals surface area contributed by atoms with Gasteiger partial charge in [0, 0.05) is 18.7 Å². The summed E-state index contributed by atoms with van der Waals surface area (Å²) in [5.41, 5.74) is 0. The molecule has 0 saturated carbocycles. The molecule has 0 spiro atoms. The van der Waals surface area contributed by atoms with E-state index in [4.69, 9.17) is 4.74 Å². The fraction of sp³-hybridized carbons (Fsp3) is 0.923. The second-order valence-corrected chi connectivity index (χ2v) is 5.06. The minimum absolute atomic E-state index is 0.0880. The summed E-state index contributed by atoms with van der Waals surface area (Å²) in [6.07, 6.45) is 3.32. The highest BCUT2D eigenvalue weighted by Crippen LogP contribution is 2.13. The second-order valence-electron chi connectivity index (χ2n) is 5.06. The molecule has 0 bridgehead atoms. The van der Waals surface area contributed by atoms with Gasteiger partial charge in [-0.05, 0) is 33.6 Å². The van der Waals surface area contributed by atoms with E-state index in [-0.39, 0.29) is 24.1 Å². The Morgan fingerprint density at radius 1 is 1.47 bits per heavy atom. The third kappa shape index (κ3) is 4.64. The lowest BCUT2D eigenvalue weighted by Crippen LogP contribution is -2.50. The lowest BCUT2D eigenvalue weighted by molar-refractivity contribution is -0.123. The van der Waals surface area contributed by atoms with Crippen molar-refractivity contribution in [2.45, 2.75) is 71.2 Å². The molecule has 100 valence electrons. The van der Waals surface area contributed by atoms with Crippen molar-refractivity contribution in [1.29, 1.82) is 0 Å². The van der Waals surface area contributed by atoms with E-state index in [0.717, 1.165) is 25.9 Å². The molecule has 0 aromatic carbocycles. The molecule has 1 aliphatic rings. The van der Waals surface area contributed by atoms with Crippen LogP contribution in [0.25, 0.3) is 0 Å². The molecule has 0 aromatic rings. The standard InChI is InChI=1S/C13H26N2O2/c1-5-6-9(2)14-13(16)10(3)15-12-7-8-17-11(12)4/h9-12,15H,5-8H2,1-4H3,(H,14,16). The molecule has 0 aliphatic carbocycles. The molecule has 0 aromatic heterocycles. The van der Waals surface area contributed by atoms with Gasteiger partial charge < -0.3 is 15.4 Å². The first-order valence-corrected chi connectivity index (χ1v) is 6.72. The maximum Gasteiger partial charge on any atom is 0.237 e. The van der Waals surface area contributed by atoms with E-state index in [9.17, 15) is 4.79 Å². The molecule has 0 radical (unpaired) electrons. The Hall–Kier alpha value is -0.610. The van der Waals surface area contributed by atoms with Crippen LogP contribution < -0.4 is 10.6 Å². The average Bonchev–Trinajstić information content (AvgIpc) is 2.64. The van der Waals surface area contributed by atoms with Gasteiger partial charge in [-0.2, -0.15) is 0 Å². The number of rotatable bonds is 6. The van der Waals surface area contributed by atoms with Crippen LogP contribution in [0.5, 0.6) is 0 Å². The third-order valence-corrected chi connectivity index (χ3v) is 3.34. The summed E-state index contributed by atoms with van der Waals surface area (Å²) in [6, 6.07) is 0.412. The van der Waals surface area contributed by atoms with E-state index in [1.165, 1.54) is 0 Å². The van der Waals surface area contributed by atoms with E-state index < -0.39 is 0 Å². The van der Waals surface area contributed by atoms with Crippen LogP contribution in [-0.2, 0) is 9.53 Å². The highest BCUT2D eigenvalue weighted by molar-refractivity contribution is 5.81. The van der Waals surface area contributed by atoms with E-state index >= 15 is 0 Å². The molecule has 1 heterocycles. The minimum atomic E-state index is -0.150. The van der Waals surface area contributed by atoms with Gasteiger partial charge in [0.05, 0.1) is 12.1 Å². The van der Waals surface area contributed by atoms with Gasteiger partial charge in [0.25, 0.3) is 0 Å². The number of hydrogen-bond acceptors (Lipinski definition) is 3. The van der Waals surface area contributed by atoms with Crippen LogP contribution in [-0.4, -0.2) is 36.7 Å². The Morgan fingerprint density at radius 2 is 2.18 bits per heavy atom. The number of carbonyl (C=O) groups excluding carboxylic acids is 1. The molecule has 1 amide bonds. The normalized spacial score (nSPS) is 27.8. The van der Waals surface area contributed by atoms with Gasteiger partial charge in [-0.1, -0.05) is 13.3 Å². The number of ether oxygens (including phenoxy) is 1. The van der Waals surface area contributed by atoms with Gasteiger partial charge in [-0.25, -0.2) is 0 Å². The molecular weight excluding hydrogens is 216 g/mol. The highest BCUT2D eigenvalue weighted by Gasteiger charge is 2.27. The van der Waals surface area contributed by atoms with Crippen molar-refractivity contribution >= 4 is 5.91 Å². The summed E-state index contributed by atoms with van der Waals surface area (Å²) in [4.78, 5) is 11.9. The van der Waals surface area contributed by atoms with Gasteiger partial charge in [-0.15, -0.1) is 0 Å². The molecule has 17 heavy (non-hydrogen) atoms. The summed E-state index contributed by atoms with van der Waals surface area (Å²) in [5, 5.41) is 6.37. The SMILES string of the molecule is CCCC(C)NC(=O)C(C)NC1CCOC1C. The third-order valence-electron chi connectivity index (χ3n) is 3.34. The van der Waals surface area contributed by atoms with Crippen molar-refractivity contribution in [3.63, 3.8) is 0 Å². The van der Waals surface area contributed by atoms with Crippen molar-refractivity contribution in [2.24, 2.45) is 0 Å². The maximum atomic E-state index is 11.9. The zero-order valence-corrected chi connectivity index (χ0v) is 11.5. The van der Waals surface area contributed by atoms with E-state index in [2.05, 4.69) is 31.4 Å². The first kappa shape index (κ1) is 14.5. The van der Waals surface area contributed by atoms with Crippen LogP contribution in [0.3, 0.4) is 0 Å². The molecule has 1 fully saturated rings. The number of hydrogen-bond donors (Lipinski definition) is 2. The van der Waals surface area contributed by atoms with Crippen LogP contribution >= 0.6 is 0 Å². The van der Waals surface area contributed by atoms with E-state index in [0.29, 0.717) is 6.04 Å². The van der Waals surface area contributed by atoms with Gasteiger partial charge in [-0.3, -0.25) is 4.79 Å². The fourth-order valence-corrected chi connectivity index (χ4v) is 2.22. The Kier molecular flexibility index (Phi) is 5.92. The first-order chi connectivity index (χ1) is 8.04. The van der Waals surface area contributed by atoms with Crippen LogP contribution in [0.4, 0.5) is 0 Å². The summed E-state index contributed by atoms with van der Waals surface area (Å²) in [5.74, 6) is 0.0880. The minimum Gasteiger partial charge on any atom is -0.377 e. The van der Waals surface area contributed by atoms with Crippen molar-refractivity contribution < 1.29 is 9.53 Å². The fourth-order valence-electron chi connectivity index (χ4n) is 2.22. The summed E-state index contributed by atoms with van der Waals surface area (Å²) >= 11 is 0. The molecule has 1 saturated heterocycles. The van der Waals surface area contributed by atoms with Crippen LogP contribution in [0.1, 0.15) is 47.0 Å². The number of nitrogens with one attached hydrogen (secondary N) is 2. The zero-order valence-electron chi connectivity index (χ0n) is 11.5. The Bertz CT molecular complexity index is 246. The smallest absolute Gasteiger partial charge is 0.237 e. The lowest BCUT2D eigenvalue weighted by atomic mass is 10.1.